The van der Waals surface area contributed by atoms with Gasteiger partial charge in [-0.3, -0.25) is 0 Å². The molecule has 1 N–H and O–H groups in total. The highest BCUT2D eigenvalue weighted by Gasteiger charge is 2.21. The Hall–Kier alpha value is -0.320. The third kappa shape index (κ3) is 3.83. The Bertz CT molecular complexity index is 404. The van der Waals surface area contributed by atoms with Gasteiger partial charge in [-0.05, 0) is 6.92 Å². The molecule has 0 aliphatic rings. The third-order valence-corrected chi connectivity index (χ3v) is 3.82. The molecular weight excluding hydrogens is 256 g/mol. The molecule has 17 heavy (non-hydrogen) atoms. The zero-order valence-corrected chi connectivity index (χ0v) is 12.5. The summed E-state index contributed by atoms with van der Waals surface area (Å²) in [5, 5.41) is 10.5. The van der Waals surface area contributed by atoms with Crippen LogP contribution in [-0.4, -0.2) is 26.9 Å². The maximum atomic E-state index is 9.09. The van der Waals surface area contributed by atoms with Crippen molar-refractivity contribution in [1.82, 2.24) is 9.97 Å². The maximum Gasteiger partial charge on any atom is 0.136 e. The van der Waals surface area contributed by atoms with Crippen LogP contribution < -0.4 is 0 Å². The van der Waals surface area contributed by atoms with E-state index in [0.29, 0.717) is 5.15 Å². The minimum absolute atomic E-state index is 0.104. The molecule has 3 nitrogen and oxygen atoms in total. The molecule has 1 rings (SSSR count). The summed E-state index contributed by atoms with van der Waals surface area (Å²) in [6.07, 6.45) is 0. The van der Waals surface area contributed by atoms with Crippen molar-refractivity contribution in [3.8, 4) is 0 Å². The lowest BCUT2D eigenvalue weighted by molar-refractivity contribution is 0.300. The van der Waals surface area contributed by atoms with Crippen LogP contribution in [0.5, 0.6) is 0 Å². The van der Waals surface area contributed by atoms with Crippen LogP contribution in [0.25, 0.3) is 0 Å². The molecule has 0 aromatic carbocycles. The van der Waals surface area contributed by atoms with E-state index in [1.165, 1.54) is 11.8 Å². The second-order valence-corrected chi connectivity index (χ2v) is 6.91. The number of aliphatic hydroxyl groups is 1. The van der Waals surface area contributed by atoms with Crippen molar-refractivity contribution in [3.05, 3.63) is 16.5 Å². The Morgan fingerprint density at radius 2 is 1.94 bits per heavy atom. The van der Waals surface area contributed by atoms with E-state index in [2.05, 4.69) is 30.7 Å². The fourth-order valence-corrected chi connectivity index (χ4v) is 2.24. The van der Waals surface area contributed by atoms with Gasteiger partial charge >= 0.3 is 0 Å². The van der Waals surface area contributed by atoms with Crippen LogP contribution in [0, 0.1) is 6.92 Å². The van der Waals surface area contributed by atoms with E-state index in [9.17, 15) is 0 Å². The molecule has 0 aliphatic heterocycles. The van der Waals surface area contributed by atoms with Crippen LogP contribution >= 0.6 is 23.4 Å². The summed E-state index contributed by atoms with van der Waals surface area (Å²) >= 11 is 7.65. The first-order chi connectivity index (χ1) is 7.75. The first-order valence-corrected chi connectivity index (χ1v) is 6.83. The second kappa shape index (κ2) is 5.55. The predicted octanol–water partition coefficient (Wildman–Crippen LogP) is 3.21. The summed E-state index contributed by atoms with van der Waals surface area (Å²) in [5.41, 5.74) is 0.750. The Kier molecular flexibility index (Phi) is 4.81. The lowest BCUT2D eigenvalue weighted by Gasteiger charge is -2.19. The molecule has 1 heterocycles. The largest absolute Gasteiger partial charge is 0.395 e. The predicted molar refractivity (Wildman–Crippen MR) is 72.9 cm³/mol. The number of halogens is 1. The fourth-order valence-electron chi connectivity index (χ4n) is 1.15. The van der Waals surface area contributed by atoms with Crippen LogP contribution in [0.15, 0.2) is 5.03 Å². The van der Waals surface area contributed by atoms with E-state index in [0.717, 1.165) is 16.4 Å². The Morgan fingerprint density at radius 3 is 2.41 bits per heavy atom. The maximum absolute atomic E-state index is 9.09. The number of thioether (sulfide) groups is 1. The molecule has 5 heteroatoms. The molecule has 0 spiro atoms. The van der Waals surface area contributed by atoms with Gasteiger partial charge in [0.25, 0.3) is 0 Å². The highest BCUT2D eigenvalue weighted by molar-refractivity contribution is 7.99. The zero-order valence-electron chi connectivity index (χ0n) is 10.9. The summed E-state index contributed by atoms with van der Waals surface area (Å²) in [5.74, 6) is 0.737. The first kappa shape index (κ1) is 14.7. The average molecular weight is 275 g/mol. The second-order valence-electron chi connectivity index (χ2n) is 5.13. The average Bonchev–Trinajstić information content (AvgIpc) is 2.22. The number of aliphatic hydroxyl groups excluding tert-OH is 1. The van der Waals surface area contributed by atoms with Crippen molar-refractivity contribution < 1.29 is 5.11 Å². The molecule has 0 bridgehead atoms. The summed E-state index contributed by atoms with van der Waals surface area (Å²) in [4.78, 5) is 8.86. The van der Waals surface area contributed by atoms with E-state index in [1.54, 1.807) is 0 Å². The molecule has 0 aliphatic carbocycles. The van der Waals surface area contributed by atoms with Gasteiger partial charge in [0.2, 0.25) is 0 Å². The summed E-state index contributed by atoms with van der Waals surface area (Å²) in [7, 11) is 0. The fraction of sp³-hybridized carbons (Fsp3) is 0.667. The highest BCUT2D eigenvalue weighted by Crippen LogP contribution is 2.30. The van der Waals surface area contributed by atoms with Crippen molar-refractivity contribution in [2.45, 2.75) is 50.3 Å². The van der Waals surface area contributed by atoms with Crippen molar-refractivity contribution in [2.75, 3.05) is 6.61 Å². The molecule has 1 aromatic rings. The Balaban J connectivity index is 3.16. The van der Waals surface area contributed by atoms with Gasteiger partial charge in [0.1, 0.15) is 16.0 Å². The van der Waals surface area contributed by atoms with Gasteiger partial charge in [0, 0.05) is 16.2 Å². The van der Waals surface area contributed by atoms with E-state index >= 15 is 0 Å². The van der Waals surface area contributed by atoms with Gasteiger partial charge in [-0.15, -0.1) is 11.8 Å². The van der Waals surface area contributed by atoms with Gasteiger partial charge in [-0.1, -0.05) is 39.3 Å². The minimum Gasteiger partial charge on any atom is -0.395 e. The summed E-state index contributed by atoms with van der Waals surface area (Å²) in [6, 6.07) is 0. The SMILES string of the molecule is Cc1c(Cl)nc(C(C)(C)C)nc1SC(C)CO. The molecule has 0 saturated carbocycles. The lowest BCUT2D eigenvalue weighted by Crippen LogP contribution is -2.17. The van der Waals surface area contributed by atoms with E-state index in [1.807, 2.05) is 13.8 Å². The number of nitrogens with zero attached hydrogens (tertiary/aromatic N) is 2. The smallest absolute Gasteiger partial charge is 0.136 e. The minimum atomic E-state index is -0.130. The van der Waals surface area contributed by atoms with Gasteiger partial charge < -0.3 is 5.11 Å². The Morgan fingerprint density at radius 1 is 1.35 bits per heavy atom. The number of hydrogen-bond donors (Lipinski definition) is 1. The molecule has 1 unspecified atom stereocenters. The van der Waals surface area contributed by atoms with Gasteiger partial charge in [0.15, 0.2) is 0 Å². The molecule has 0 radical (unpaired) electrons. The zero-order chi connectivity index (χ0) is 13.2. The molecule has 0 fully saturated rings. The van der Waals surface area contributed by atoms with Crippen molar-refractivity contribution >= 4 is 23.4 Å². The molecular formula is C12H19ClN2OS. The van der Waals surface area contributed by atoms with Crippen LogP contribution in [0.2, 0.25) is 5.15 Å². The topological polar surface area (TPSA) is 46.0 Å². The number of aromatic nitrogens is 2. The monoisotopic (exact) mass is 274 g/mol. The van der Waals surface area contributed by atoms with E-state index in [4.69, 9.17) is 16.7 Å². The normalized spacial score (nSPS) is 13.8. The molecule has 1 atom stereocenters. The van der Waals surface area contributed by atoms with Gasteiger partial charge in [-0.25, -0.2) is 9.97 Å². The van der Waals surface area contributed by atoms with Crippen LogP contribution in [-0.2, 0) is 5.41 Å². The summed E-state index contributed by atoms with van der Waals surface area (Å²) in [6.45, 7) is 10.1. The van der Waals surface area contributed by atoms with Crippen LogP contribution in [0.4, 0.5) is 0 Å². The van der Waals surface area contributed by atoms with Gasteiger partial charge in [-0.2, -0.15) is 0 Å². The highest BCUT2D eigenvalue weighted by atomic mass is 35.5. The van der Waals surface area contributed by atoms with Gasteiger partial charge in [0.05, 0.1) is 6.61 Å². The molecule has 0 amide bonds. The molecule has 1 aromatic heterocycles. The van der Waals surface area contributed by atoms with Crippen molar-refractivity contribution in [1.29, 1.82) is 0 Å². The Labute approximate surface area is 112 Å². The van der Waals surface area contributed by atoms with Crippen LogP contribution in [0.3, 0.4) is 0 Å². The quantitative estimate of drug-likeness (QED) is 0.679. The van der Waals surface area contributed by atoms with E-state index < -0.39 is 0 Å². The number of rotatable bonds is 3. The van der Waals surface area contributed by atoms with Crippen molar-refractivity contribution in [3.63, 3.8) is 0 Å². The van der Waals surface area contributed by atoms with Crippen molar-refractivity contribution in [2.24, 2.45) is 0 Å². The third-order valence-electron chi connectivity index (χ3n) is 2.28. The standard InChI is InChI=1S/C12H19ClN2OS/c1-7(6-16)17-10-8(2)9(13)14-11(15-10)12(3,4)5/h7,16H,6H2,1-5H3. The molecule has 0 saturated heterocycles. The first-order valence-electron chi connectivity index (χ1n) is 5.58. The van der Waals surface area contributed by atoms with E-state index in [-0.39, 0.29) is 17.3 Å². The summed E-state index contributed by atoms with van der Waals surface area (Å²) < 4.78 is 0. The van der Waals surface area contributed by atoms with Crippen LogP contribution in [0.1, 0.15) is 39.1 Å². The lowest BCUT2D eigenvalue weighted by atomic mass is 9.96. The number of hydrogen-bond acceptors (Lipinski definition) is 4. The molecule has 96 valence electrons.